The maximum Gasteiger partial charge on any atom is 0.0963 e. The molecule has 110 valence electrons. The Bertz CT molecular complexity index is 400. The second-order valence-corrected chi connectivity index (χ2v) is 5.64. The molecular weight excluding hydrogens is 246 g/mol. The first kappa shape index (κ1) is 15.0. The summed E-state index contributed by atoms with van der Waals surface area (Å²) < 4.78 is 0. The first-order valence-electron chi connectivity index (χ1n) is 7.84. The minimum absolute atomic E-state index is 1.01. The van der Waals surface area contributed by atoms with Gasteiger partial charge in [0, 0.05) is 26.1 Å². The smallest absolute Gasteiger partial charge is 0.0963 e. The van der Waals surface area contributed by atoms with E-state index in [0.717, 1.165) is 32.6 Å². The Morgan fingerprint density at radius 3 is 2.85 bits per heavy atom. The zero-order chi connectivity index (χ0) is 14.0. The lowest BCUT2D eigenvalue weighted by molar-refractivity contribution is 0.322. The van der Waals surface area contributed by atoms with Crippen molar-refractivity contribution >= 4 is 5.84 Å². The average molecular weight is 273 g/mol. The van der Waals surface area contributed by atoms with Gasteiger partial charge in [0.1, 0.15) is 0 Å². The van der Waals surface area contributed by atoms with E-state index < -0.39 is 0 Å². The maximum atomic E-state index is 4.60. The SMILES string of the molecule is CN(CCCNC1=NCCCCC1)Cc1ccccc1. The van der Waals surface area contributed by atoms with Crippen LogP contribution in [0.5, 0.6) is 0 Å². The van der Waals surface area contributed by atoms with E-state index in [2.05, 4.69) is 52.6 Å². The average Bonchev–Trinajstić information content (AvgIpc) is 2.73. The molecule has 0 amide bonds. The van der Waals surface area contributed by atoms with Crippen molar-refractivity contribution in [2.24, 2.45) is 4.99 Å². The molecule has 0 unspecified atom stereocenters. The second kappa shape index (κ2) is 8.75. The van der Waals surface area contributed by atoms with Gasteiger partial charge in [0.05, 0.1) is 5.84 Å². The largest absolute Gasteiger partial charge is 0.374 e. The summed E-state index contributed by atoms with van der Waals surface area (Å²) in [4.78, 5) is 6.98. The first-order valence-corrected chi connectivity index (χ1v) is 7.84. The van der Waals surface area contributed by atoms with E-state index in [1.54, 1.807) is 0 Å². The van der Waals surface area contributed by atoms with Crippen LogP contribution in [0.4, 0.5) is 0 Å². The summed E-state index contributed by atoms with van der Waals surface area (Å²) in [5.41, 5.74) is 1.39. The van der Waals surface area contributed by atoms with Crippen LogP contribution < -0.4 is 5.32 Å². The predicted molar refractivity (Wildman–Crippen MR) is 86.2 cm³/mol. The molecule has 0 spiro atoms. The van der Waals surface area contributed by atoms with Gasteiger partial charge in [0.25, 0.3) is 0 Å². The molecule has 0 bridgehead atoms. The lowest BCUT2D eigenvalue weighted by Crippen LogP contribution is -2.28. The van der Waals surface area contributed by atoms with Crippen molar-refractivity contribution in [3.63, 3.8) is 0 Å². The molecule has 1 aromatic carbocycles. The molecule has 3 heteroatoms. The van der Waals surface area contributed by atoms with Crippen molar-refractivity contribution in [3.05, 3.63) is 35.9 Å². The van der Waals surface area contributed by atoms with Gasteiger partial charge in [0.15, 0.2) is 0 Å². The molecule has 0 aromatic heterocycles. The molecule has 0 saturated heterocycles. The number of benzene rings is 1. The van der Waals surface area contributed by atoms with Gasteiger partial charge in [-0.05, 0) is 38.4 Å². The molecular formula is C17H27N3. The van der Waals surface area contributed by atoms with Crippen LogP contribution in [0.1, 0.15) is 37.7 Å². The Hall–Kier alpha value is -1.35. The van der Waals surface area contributed by atoms with E-state index in [-0.39, 0.29) is 0 Å². The number of nitrogens with zero attached hydrogens (tertiary/aromatic N) is 2. The minimum atomic E-state index is 1.01. The van der Waals surface area contributed by atoms with Crippen LogP contribution in [-0.4, -0.2) is 37.4 Å². The van der Waals surface area contributed by atoms with E-state index in [1.165, 1.54) is 37.1 Å². The molecule has 1 aromatic rings. The monoisotopic (exact) mass is 273 g/mol. The van der Waals surface area contributed by atoms with Gasteiger partial charge >= 0.3 is 0 Å². The molecule has 1 aliphatic heterocycles. The fraction of sp³-hybridized carbons (Fsp3) is 0.588. The number of nitrogens with one attached hydrogen (secondary N) is 1. The number of aliphatic imine (C=N–C) groups is 1. The lowest BCUT2D eigenvalue weighted by Gasteiger charge is -2.17. The van der Waals surface area contributed by atoms with Gasteiger partial charge in [-0.1, -0.05) is 36.8 Å². The van der Waals surface area contributed by atoms with Gasteiger partial charge in [-0.25, -0.2) is 0 Å². The van der Waals surface area contributed by atoms with E-state index >= 15 is 0 Å². The van der Waals surface area contributed by atoms with Crippen LogP contribution in [0.3, 0.4) is 0 Å². The quantitative estimate of drug-likeness (QED) is 0.807. The van der Waals surface area contributed by atoms with Gasteiger partial charge < -0.3 is 10.2 Å². The number of hydrogen-bond donors (Lipinski definition) is 1. The third kappa shape index (κ3) is 5.74. The molecule has 1 N–H and O–H groups in total. The first-order chi connectivity index (χ1) is 9.84. The van der Waals surface area contributed by atoms with Crippen LogP contribution in [-0.2, 0) is 6.54 Å². The number of hydrogen-bond acceptors (Lipinski definition) is 3. The van der Waals surface area contributed by atoms with E-state index in [1.807, 2.05) is 0 Å². The van der Waals surface area contributed by atoms with Gasteiger partial charge in [-0.15, -0.1) is 0 Å². The summed E-state index contributed by atoms with van der Waals surface area (Å²) >= 11 is 0. The van der Waals surface area contributed by atoms with Crippen LogP contribution in [0.2, 0.25) is 0 Å². The zero-order valence-electron chi connectivity index (χ0n) is 12.6. The molecule has 2 rings (SSSR count). The molecule has 1 heterocycles. The fourth-order valence-corrected chi connectivity index (χ4v) is 2.57. The van der Waals surface area contributed by atoms with Crippen molar-refractivity contribution < 1.29 is 0 Å². The molecule has 0 aliphatic carbocycles. The zero-order valence-corrected chi connectivity index (χ0v) is 12.6. The summed E-state index contributed by atoms with van der Waals surface area (Å²) in [7, 11) is 2.19. The van der Waals surface area contributed by atoms with Crippen LogP contribution in [0, 0.1) is 0 Å². The molecule has 20 heavy (non-hydrogen) atoms. The topological polar surface area (TPSA) is 27.6 Å². The third-order valence-corrected chi connectivity index (χ3v) is 3.72. The molecule has 3 nitrogen and oxygen atoms in total. The summed E-state index contributed by atoms with van der Waals surface area (Å²) in [6, 6.07) is 10.7. The van der Waals surface area contributed by atoms with Gasteiger partial charge in [-0.3, -0.25) is 4.99 Å². The molecule has 1 aliphatic rings. The van der Waals surface area contributed by atoms with Crippen molar-refractivity contribution in [2.75, 3.05) is 26.7 Å². The molecule has 0 atom stereocenters. The highest BCUT2D eigenvalue weighted by molar-refractivity contribution is 5.82. The van der Waals surface area contributed by atoms with Crippen molar-refractivity contribution in [1.82, 2.24) is 10.2 Å². The molecule has 0 saturated carbocycles. The second-order valence-electron chi connectivity index (χ2n) is 5.64. The van der Waals surface area contributed by atoms with Crippen LogP contribution in [0.15, 0.2) is 35.3 Å². The highest BCUT2D eigenvalue weighted by Gasteiger charge is 2.04. The van der Waals surface area contributed by atoms with Crippen molar-refractivity contribution in [3.8, 4) is 0 Å². The number of rotatable bonds is 6. The molecule has 0 radical (unpaired) electrons. The standard InChI is InChI=1S/C17H27N3/c1-20(15-16-9-4-2-5-10-16)14-8-13-19-17-11-6-3-7-12-18-17/h2,4-5,9-10H,3,6-8,11-15H2,1H3,(H,18,19). The van der Waals surface area contributed by atoms with Crippen LogP contribution >= 0.6 is 0 Å². The maximum absolute atomic E-state index is 4.60. The minimum Gasteiger partial charge on any atom is -0.374 e. The summed E-state index contributed by atoms with van der Waals surface area (Å²) in [6.45, 7) is 4.20. The normalized spacial score (nSPS) is 15.8. The highest BCUT2D eigenvalue weighted by atomic mass is 15.1. The van der Waals surface area contributed by atoms with E-state index in [0.29, 0.717) is 0 Å². The van der Waals surface area contributed by atoms with Crippen LogP contribution in [0.25, 0.3) is 0 Å². The third-order valence-electron chi connectivity index (χ3n) is 3.72. The van der Waals surface area contributed by atoms with Crippen molar-refractivity contribution in [1.29, 1.82) is 0 Å². The summed E-state index contributed by atoms with van der Waals surface area (Å²) in [6.07, 6.45) is 6.18. The summed E-state index contributed by atoms with van der Waals surface area (Å²) in [5, 5.41) is 3.50. The Kier molecular flexibility index (Phi) is 6.58. The van der Waals surface area contributed by atoms with Gasteiger partial charge in [0.2, 0.25) is 0 Å². The van der Waals surface area contributed by atoms with E-state index in [4.69, 9.17) is 0 Å². The lowest BCUT2D eigenvalue weighted by atomic mass is 10.2. The Morgan fingerprint density at radius 2 is 2.00 bits per heavy atom. The van der Waals surface area contributed by atoms with Gasteiger partial charge in [-0.2, -0.15) is 0 Å². The fourth-order valence-electron chi connectivity index (χ4n) is 2.57. The van der Waals surface area contributed by atoms with E-state index in [9.17, 15) is 0 Å². The highest BCUT2D eigenvalue weighted by Crippen LogP contribution is 2.06. The molecule has 0 fully saturated rings. The predicted octanol–water partition coefficient (Wildman–Crippen LogP) is 3.07. The Morgan fingerprint density at radius 1 is 1.15 bits per heavy atom. The Labute approximate surface area is 123 Å². The van der Waals surface area contributed by atoms with Crippen molar-refractivity contribution in [2.45, 2.75) is 38.6 Å². The Balaban J connectivity index is 1.59. The summed E-state index contributed by atoms with van der Waals surface area (Å²) in [5.74, 6) is 1.23. The number of amidine groups is 1.